The molecule has 0 N–H and O–H groups in total. The van der Waals surface area contributed by atoms with Crippen molar-refractivity contribution in [2.75, 3.05) is 68.0 Å². The molecule has 0 aliphatic carbocycles. The molecular weight excluding hydrogens is 446 g/mol. The molecule has 0 bridgehead atoms. The summed E-state index contributed by atoms with van der Waals surface area (Å²) < 4.78 is 43.5. The number of benzene rings is 2. The number of sulfonamides is 1. The topological polar surface area (TPSA) is 88.6 Å². The Hall–Kier alpha value is -3.14. The molecule has 1 amide bonds. The Morgan fingerprint density at radius 1 is 1.03 bits per heavy atom. The lowest BCUT2D eigenvalue weighted by atomic mass is 10.2. The minimum absolute atomic E-state index is 0.115. The third-order valence-corrected chi connectivity index (χ3v) is 7.59. The van der Waals surface area contributed by atoms with E-state index < -0.39 is 10.0 Å². The second-order valence-corrected chi connectivity index (χ2v) is 9.96. The number of anilines is 2. The van der Waals surface area contributed by atoms with Crippen molar-refractivity contribution in [3.8, 4) is 17.2 Å². The molecule has 2 aliphatic heterocycles. The van der Waals surface area contributed by atoms with Gasteiger partial charge < -0.3 is 24.0 Å². The molecule has 2 heterocycles. The molecule has 1 saturated heterocycles. The van der Waals surface area contributed by atoms with Gasteiger partial charge in [-0.25, -0.2) is 8.42 Å². The summed E-state index contributed by atoms with van der Waals surface area (Å²) in [5, 5.41) is 0. The number of methoxy groups -OCH3 is 1. The molecule has 1 fully saturated rings. The quantitative estimate of drug-likeness (QED) is 0.605. The maximum absolute atomic E-state index is 13.1. The van der Waals surface area contributed by atoms with Crippen LogP contribution in [0, 0.1) is 0 Å². The minimum atomic E-state index is -3.67. The summed E-state index contributed by atoms with van der Waals surface area (Å²) in [5.74, 6) is 1.49. The molecule has 0 atom stereocenters. The Kier molecular flexibility index (Phi) is 6.83. The maximum atomic E-state index is 13.1. The highest BCUT2D eigenvalue weighted by Gasteiger charge is 2.29. The summed E-state index contributed by atoms with van der Waals surface area (Å²) in [7, 11) is -2.04. The molecule has 2 aromatic carbocycles. The Bertz CT molecular complexity index is 1100. The van der Waals surface area contributed by atoms with Crippen molar-refractivity contribution < 1.29 is 27.4 Å². The highest BCUT2D eigenvalue weighted by atomic mass is 32.2. The van der Waals surface area contributed by atoms with Gasteiger partial charge in [-0.05, 0) is 31.2 Å². The van der Waals surface area contributed by atoms with Crippen LogP contribution in [0.1, 0.15) is 6.92 Å². The van der Waals surface area contributed by atoms with Gasteiger partial charge >= 0.3 is 0 Å². The molecule has 0 radical (unpaired) electrons. The molecule has 33 heavy (non-hydrogen) atoms. The van der Waals surface area contributed by atoms with Crippen LogP contribution < -0.4 is 23.4 Å². The molecule has 0 saturated carbocycles. The highest BCUT2D eigenvalue weighted by Crippen LogP contribution is 2.35. The first-order valence-corrected chi connectivity index (χ1v) is 12.6. The van der Waals surface area contributed by atoms with Crippen molar-refractivity contribution in [2.24, 2.45) is 0 Å². The SMILES string of the molecule is CCS(=O)(=O)N(CC(=O)N1CCN(c2ccccc2OC)CC1)c1ccc2c(c1)OCCO2. The number of ether oxygens (including phenoxy) is 3. The van der Waals surface area contributed by atoms with Crippen molar-refractivity contribution in [3.05, 3.63) is 42.5 Å². The Labute approximate surface area is 194 Å². The molecule has 0 aromatic heterocycles. The lowest BCUT2D eigenvalue weighted by molar-refractivity contribution is -0.129. The molecular formula is C23H29N3O6S. The van der Waals surface area contributed by atoms with E-state index in [-0.39, 0.29) is 18.2 Å². The summed E-state index contributed by atoms with van der Waals surface area (Å²) in [4.78, 5) is 17.0. The zero-order chi connectivity index (χ0) is 23.4. The van der Waals surface area contributed by atoms with Crippen molar-refractivity contribution in [1.29, 1.82) is 0 Å². The van der Waals surface area contributed by atoms with Gasteiger partial charge in [0.2, 0.25) is 15.9 Å². The predicted molar refractivity (Wildman–Crippen MR) is 126 cm³/mol. The second kappa shape index (κ2) is 9.78. The number of hydrogen-bond donors (Lipinski definition) is 0. The lowest BCUT2D eigenvalue weighted by Gasteiger charge is -2.37. The van der Waals surface area contributed by atoms with Crippen LogP contribution in [0.25, 0.3) is 0 Å². The van der Waals surface area contributed by atoms with Crippen LogP contribution in [0.3, 0.4) is 0 Å². The first-order valence-electron chi connectivity index (χ1n) is 11.0. The van der Waals surface area contributed by atoms with Gasteiger partial charge in [-0.2, -0.15) is 0 Å². The number of amides is 1. The zero-order valence-corrected chi connectivity index (χ0v) is 19.7. The third-order valence-electron chi connectivity index (χ3n) is 5.85. The number of para-hydroxylation sites is 2. The van der Waals surface area contributed by atoms with Crippen LogP contribution in [0.2, 0.25) is 0 Å². The van der Waals surface area contributed by atoms with E-state index in [4.69, 9.17) is 14.2 Å². The molecule has 4 rings (SSSR count). The van der Waals surface area contributed by atoms with E-state index in [1.165, 1.54) is 4.31 Å². The molecule has 0 unspecified atom stereocenters. The fraction of sp³-hybridized carbons (Fsp3) is 0.435. The summed E-state index contributed by atoms with van der Waals surface area (Å²) in [6.07, 6.45) is 0. The van der Waals surface area contributed by atoms with Crippen LogP contribution in [0.15, 0.2) is 42.5 Å². The number of carbonyl (C=O) groups excluding carboxylic acids is 1. The molecule has 0 spiro atoms. The van der Waals surface area contributed by atoms with Gasteiger partial charge in [-0.1, -0.05) is 12.1 Å². The average Bonchev–Trinajstić information content (AvgIpc) is 2.86. The van der Waals surface area contributed by atoms with Crippen LogP contribution in [-0.2, 0) is 14.8 Å². The summed E-state index contributed by atoms with van der Waals surface area (Å²) >= 11 is 0. The summed E-state index contributed by atoms with van der Waals surface area (Å²) in [5.41, 5.74) is 1.38. The van der Waals surface area contributed by atoms with Gasteiger partial charge in [-0.15, -0.1) is 0 Å². The van der Waals surface area contributed by atoms with Crippen molar-refractivity contribution >= 4 is 27.3 Å². The van der Waals surface area contributed by atoms with E-state index in [9.17, 15) is 13.2 Å². The molecule has 178 valence electrons. The van der Waals surface area contributed by atoms with E-state index >= 15 is 0 Å². The number of fused-ring (bicyclic) bond motifs is 1. The monoisotopic (exact) mass is 475 g/mol. The van der Waals surface area contributed by atoms with E-state index in [0.717, 1.165) is 11.4 Å². The first kappa shape index (κ1) is 23.0. The summed E-state index contributed by atoms with van der Waals surface area (Å²) in [6.45, 7) is 4.42. The first-order chi connectivity index (χ1) is 15.9. The zero-order valence-electron chi connectivity index (χ0n) is 18.9. The maximum Gasteiger partial charge on any atom is 0.243 e. The Morgan fingerprint density at radius 3 is 2.42 bits per heavy atom. The fourth-order valence-electron chi connectivity index (χ4n) is 4.00. The number of nitrogens with zero attached hydrogens (tertiary/aromatic N) is 3. The molecule has 2 aliphatic rings. The van der Waals surface area contributed by atoms with Gasteiger partial charge in [-0.3, -0.25) is 9.10 Å². The van der Waals surface area contributed by atoms with Crippen molar-refractivity contribution in [1.82, 2.24) is 4.90 Å². The van der Waals surface area contributed by atoms with Crippen molar-refractivity contribution in [3.63, 3.8) is 0 Å². The van der Waals surface area contributed by atoms with E-state index in [1.54, 1.807) is 37.1 Å². The number of piperazine rings is 1. The van der Waals surface area contributed by atoms with Crippen LogP contribution >= 0.6 is 0 Å². The van der Waals surface area contributed by atoms with Crippen LogP contribution in [0.5, 0.6) is 17.2 Å². The Morgan fingerprint density at radius 2 is 1.73 bits per heavy atom. The van der Waals surface area contributed by atoms with Gasteiger partial charge in [0.1, 0.15) is 25.5 Å². The minimum Gasteiger partial charge on any atom is -0.495 e. The Balaban J connectivity index is 1.47. The fourth-order valence-corrected chi connectivity index (χ4v) is 5.06. The van der Waals surface area contributed by atoms with Gasteiger partial charge in [0, 0.05) is 32.2 Å². The molecule has 2 aromatic rings. The highest BCUT2D eigenvalue weighted by molar-refractivity contribution is 7.92. The number of carbonyl (C=O) groups is 1. The van der Waals surface area contributed by atoms with Gasteiger partial charge in [0.25, 0.3) is 0 Å². The summed E-state index contributed by atoms with van der Waals surface area (Å²) in [6, 6.07) is 12.7. The largest absolute Gasteiger partial charge is 0.495 e. The van der Waals surface area contributed by atoms with E-state index in [2.05, 4.69) is 4.90 Å². The standard InChI is InChI=1S/C23H29N3O6S/c1-3-33(28,29)26(18-8-9-21-22(16-18)32-15-14-31-21)17-23(27)25-12-10-24(11-13-25)19-6-4-5-7-20(19)30-2/h4-9,16H,3,10-15,17H2,1-2H3. The van der Waals surface area contributed by atoms with E-state index in [1.807, 2.05) is 24.3 Å². The van der Waals surface area contributed by atoms with Crippen LogP contribution in [0.4, 0.5) is 11.4 Å². The number of hydrogen-bond acceptors (Lipinski definition) is 7. The molecule has 9 nitrogen and oxygen atoms in total. The van der Waals surface area contributed by atoms with E-state index in [0.29, 0.717) is 56.6 Å². The molecule has 10 heteroatoms. The van der Waals surface area contributed by atoms with Gasteiger partial charge in [0.15, 0.2) is 11.5 Å². The normalized spacial score (nSPS) is 15.8. The van der Waals surface area contributed by atoms with Gasteiger partial charge in [0.05, 0.1) is 24.2 Å². The smallest absolute Gasteiger partial charge is 0.243 e. The van der Waals surface area contributed by atoms with Crippen LogP contribution in [-0.4, -0.2) is 78.0 Å². The second-order valence-electron chi connectivity index (χ2n) is 7.77. The average molecular weight is 476 g/mol. The lowest BCUT2D eigenvalue weighted by Crippen LogP contribution is -2.52. The number of rotatable bonds is 7. The third kappa shape index (κ3) is 4.95. The van der Waals surface area contributed by atoms with Crippen molar-refractivity contribution in [2.45, 2.75) is 6.92 Å². The predicted octanol–water partition coefficient (Wildman–Crippen LogP) is 1.97.